The maximum Gasteiger partial charge on any atom is 1.00 e. The molecule has 4 N–H and O–H groups in total. The van der Waals surface area contributed by atoms with Gasteiger partial charge in [-0.1, -0.05) is 0 Å². The van der Waals surface area contributed by atoms with Crippen LogP contribution >= 0.6 is 0 Å². The molecule has 0 aliphatic rings. The fourth-order valence-corrected chi connectivity index (χ4v) is 0. The van der Waals surface area contributed by atoms with E-state index in [9.17, 15) is 0 Å². The molecule has 0 fully saturated rings. The molecule has 0 atom stereocenters. The third-order valence-corrected chi connectivity index (χ3v) is 0. The molecule has 0 saturated carbocycles. The summed E-state index contributed by atoms with van der Waals surface area (Å²) in [5.41, 5.74) is 0. The first-order valence-corrected chi connectivity index (χ1v) is 0.400. The zero-order valence-electron chi connectivity index (χ0n) is 2.79. The van der Waals surface area contributed by atoms with Gasteiger partial charge in [0, 0.05) is 0 Å². The van der Waals surface area contributed by atoms with Gasteiger partial charge in [-0.25, -0.2) is 0 Å². The molecular formula is H4NaO4+. The summed E-state index contributed by atoms with van der Waals surface area (Å²) in [6, 6.07) is 0. The van der Waals surface area contributed by atoms with Gasteiger partial charge in [-0.05, 0) is 0 Å². The molecule has 0 aromatic carbocycles. The topological polar surface area (TPSA) is 80.9 Å². The third kappa shape index (κ3) is 55.3. The summed E-state index contributed by atoms with van der Waals surface area (Å²) in [7, 11) is 0. The minimum atomic E-state index is 0. The molecule has 0 unspecified atom stereocenters. The minimum absolute atomic E-state index is 0. The largest absolute Gasteiger partial charge is 1.00 e. The van der Waals surface area contributed by atoms with Crippen molar-refractivity contribution in [2.24, 2.45) is 0 Å². The molecule has 0 bridgehead atoms. The Morgan fingerprint density at radius 2 is 0.600 bits per heavy atom. The van der Waals surface area contributed by atoms with Crippen LogP contribution in [0, 0.1) is 0 Å². The van der Waals surface area contributed by atoms with E-state index in [4.69, 9.17) is 21.0 Å². The number of hydrogen-bond donors (Lipinski definition) is 4. The molecule has 0 aliphatic carbocycles. The van der Waals surface area contributed by atoms with Gasteiger partial charge in [0.15, 0.2) is 0 Å². The van der Waals surface area contributed by atoms with E-state index in [1.54, 1.807) is 0 Å². The summed E-state index contributed by atoms with van der Waals surface area (Å²) in [5, 5.41) is 24.0. The molecule has 28 valence electrons. The first-order chi connectivity index (χ1) is 2.00. The number of rotatable bonds is 0. The van der Waals surface area contributed by atoms with E-state index in [1.165, 1.54) is 0 Å². The van der Waals surface area contributed by atoms with E-state index >= 15 is 0 Å². The van der Waals surface area contributed by atoms with Crippen molar-refractivity contribution in [1.82, 2.24) is 0 Å². The molecule has 5 heavy (non-hydrogen) atoms. The Labute approximate surface area is 50.8 Å². The molecule has 5 heteroatoms. The van der Waals surface area contributed by atoms with Crippen LogP contribution in [0.3, 0.4) is 0 Å². The number of hydrogen-bond acceptors (Lipinski definition) is 4. The molecular weight excluding hydrogens is 87.0 g/mol. The predicted octanol–water partition coefficient (Wildman–Crippen LogP) is -2.96. The molecule has 0 heterocycles. The van der Waals surface area contributed by atoms with Crippen molar-refractivity contribution in [3.05, 3.63) is 0 Å². The van der Waals surface area contributed by atoms with E-state index < -0.39 is 0 Å². The van der Waals surface area contributed by atoms with Crippen LogP contribution in [0.5, 0.6) is 0 Å². The second kappa shape index (κ2) is 101. The van der Waals surface area contributed by atoms with Crippen LogP contribution in [0.4, 0.5) is 0 Å². The first kappa shape index (κ1) is 17.0. The van der Waals surface area contributed by atoms with Gasteiger partial charge in [-0.15, -0.1) is 0 Å². The van der Waals surface area contributed by atoms with Gasteiger partial charge in [0.1, 0.15) is 0 Å². The monoisotopic (exact) mass is 91.0 g/mol. The SMILES string of the molecule is OO.OO.[Na+]. The zero-order chi connectivity index (χ0) is 4.00. The minimum Gasteiger partial charge on any atom is -0.255 e. The van der Waals surface area contributed by atoms with Crippen molar-refractivity contribution >= 4 is 0 Å². The second-order valence-corrected chi connectivity index (χ2v) is 0. The Morgan fingerprint density at radius 1 is 0.600 bits per heavy atom. The summed E-state index contributed by atoms with van der Waals surface area (Å²) in [4.78, 5) is 0. The van der Waals surface area contributed by atoms with Crippen molar-refractivity contribution in [2.75, 3.05) is 0 Å². The molecule has 0 aromatic heterocycles. The molecule has 0 amide bonds. The van der Waals surface area contributed by atoms with Crippen LogP contribution in [0.25, 0.3) is 0 Å². The molecule has 0 spiro atoms. The van der Waals surface area contributed by atoms with Crippen LogP contribution in [-0.2, 0) is 0 Å². The maximum absolute atomic E-state index is 6.00. The van der Waals surface area contributed by atoms with Gasteiger partial charge >= 0.3 is 29.6 Å². The van der Waals surface area contributed by atoms with Gasteiger partial charge in [0.05, 0.1) is 0 Å². The summed E-state index contributed by atoms with van der Waals surface area (Å²) < 4.78 is 0. The molecule has 0 aromatic rings. The standard InChI is InChI=1S/Na.2H2O2/c;2*1-2/h;2*1-2H/q+1;;. The van der Waals surface area contributed by atoms with E-state index in [-0.39, 0.29) is 29.6 Å². The van der Waals surface area contributed by atoms with Gasteiger partial charge in [-0.3, -0.25) is 21.0 Å². The molecule has 0 aliphatic heterocycles. The van der Waals surface area contributed by atoms with E-state index in [0.29, 0.717) is 0 Å². The Morgan fingerprint density at radius 3 is 0.600 bits per heavy atom. The summed E-state index contributed by atoms with van der Waals surface area (Å²) >= 11 is 0. The van der Waals surface area contributed by atoms with Crippen molar-refractivity contribution in [2.45, 2.75) is 0 Å². The fourth-order valence-electron chi connectivity index (χ4n) is 0. The fraction of sp³-hybridized carbons (Fsp3) is 0. The van der Waals surface area contributed by atoms with Crippen LogP contribution in [0.2, 0.25) is 0 Å². The van der Waals surface area contributed by atoms with Crippen LogP contribution < -0.4 is 29.6 Å². The van der Waals surface area contributed by atoms with Gasteiger partial charge in [0.25, 0.3) is 0 Å². The summed E-state index contributed by atoms with van der Waals surface area (Å²) in [6.45, 7) is 0. The molecule has 0 rings (SSSR count). The average Bonchev–Trinajstić information content (AvgIpc) is 1.50. The van der Waals surface area contributed by atoms with Crippen molar-refractivity contribution < 1.29 is 50.6 Å². The first-order valence-electron chi connectivity index (χ1n) is 0.400. The Hall–Kier alpha value is 0.840. The van der Waals surface area contributed by atoms with Crippen LogP contribution in [-0.4, -0.2) is 21.0 Å². The quantitative estimate of drug-likeness (QED) is 0.146. The Balaban J connectivity index is -0.0000000133. The van der Waals surface area contributed by atoms with Crippen molar-refractivity contribution in [3.63, 3.8) is 0 Å². The smallest absolute Gasteiger partial charge is 0.255 e. The Kier molecular flexibility index (Phi) is 343. The maximum atomic E-state index is 6.00. The van der Waals surface area contributed by atoms with E-state index in [1.807, 2.05) is 0 Å². The molecule has 0 saturated heterocycles. The van der Waals surface area contributed by atoms with E-state index in [2.05, 4.69) is 0 Å². The second-order valence-electron chi connectivity index (χ2n) is 0. The van der Waals surface area contributed by atoms with Gasteiger partial charge < -0.3 is 0 Å². The summed E-state index contributed by atoms with van der Waals surface area (Å²) in [5.74, 6) is 0. The van der Waals surface area contributed by atoms with Crippen molar-refractivity contribution in [1.29, 1.82) is 0 Å². The summed E-state index contributed by atoms with van der Waals surface area (Å²) in [6.07, 6.45) is 0. The molecule has 4 nitrogen and oxygen atoms in total. The van der Waals surface area contributed by atoms with E-state index in [0.717, 1.165) is 0 Å². The normalized spacial score (nSPS) is 2.40. The third-order valence-electron chi connectivity index (χ3n) is 0. The predicted molar refractivity (Wildman–Crippen MR) is 10.5 cm³/mol. The van der Waals surface area contributed by atoms with Gasteiger partial charge in [0.2, 0.25) is 0 Å². The van der Waals surface area contributed by atoms with Crippen molar-refractivity contribution in [3.8, 4) is 0 Å². The zero-order valence-corrected chi connectivity index (χ0v) is 4.79. The van der Waals surface area contributed by atoms with Crippen LogP contribution in [0.1, 0.15) is 0 Å². The van der Waals surface area contributed by atoms with Gasteiger partial charge in [-0.2, -0.15) is 0 Å². The van der Waals surface area contributed by atoms with Crippen LogP contribution in [0.15, 0.2) is 0 Å². The Bertz CT molecular complexity index is 3.61. The average molecular weight is 91.0 g/mol. The molecule has 0 radical (unpaired) electrons.